The van der Waals surface area contributed by atoms with Gasteiger partial charge in [-0.15, -0.1) is 0 Å². The highest BCUT2D eigenvalue weighted by Gasteiger charge is 2.13. The first kappa shape index (κ1) is 12.7. The summed E-state index contributed by atoms with van der Waals surface area (Å²) < 4.78 is 7.24. The highest BCUT2D eigenvalue weighted by atomic mass is 16.5. The van der Waals surface area contributed by atoms with Crippen molar-refractivity contribution in [1.29, 1.82) is 0 Å². The van der Waals surface area contributed by atoms with Crippen molar-refractivity contribution in [3.8, 4) is 5.75 Å². The Bertz CT molecular complexity index is 448. The Morgan fingerprint density at radius 3 is 2.61 bits per heavy atom. The molecule has 1 atom stereocenters. The summed E-state index contributed by atoms with van der Waals surface area (Å²) in [6.45, 7) is 2.22. The molecule has 0 aliphatic carbocycles. The van der Waals surface area contributed by atoms with Crippen molar-refractivity contribution >= 4 is 0 Å². The number of ether oxygens (including phenoxy) is 1. The third-order valence-electron chi connectivity index (χ3n) is 3.18. The maximum absolute atomic E-state index is 5.20. The zero-order valence-corrected chi connectivity index (χ0v) is 11.0. The molecule has 0 saturated carbocycles. The first-order chi connectivity index (χ1) is 8.85. The summed E-state index contributed by atoms with van der Waals surface area (Å²) in [4.78, 5) is 0. The van der Waals surface area contributed by atoms with E-state index in [2.05, 4.69) is 24.2 Å². The second-order valence-electron chi connectivity index (χ2n) is 4.42. The molecule has 0 bridgehead atoms. The van der Waals surface area contributed by atoms with Crippen LogP contribution in [0.3, 0.4) is 0 Å². The Morgan fingerprint density at radius 2 is 2.06 bits per heavy atom. The molecule has 0 saturated heterocycles. The van der Waals surface area contributed by atoms with Crippen LogP contribution in [0.25, 0.3) is 0 Å². The molecule has 1 aromatic heterocycles. The SMILES string of the molecule is CCCCC(c1ccc(OC)cc1)n1cccn1. The Hall–Kier alpha value is -1.77. The fourth-order valence-corrected chi connectivity index (χ4v) is 2.14. The van der Waals surface area contributed by atoms with Gasteiger partial charge in [-0.3, -0.25) is 4.68 Å². The normalized spacial score (nSPS) is 12.3. The van der Waals surface area contributed by atoms with Gasteiger partial charge < -0.3 is 4.74 Å². The molecule has 3 heteroatoms. The van der Waals surface area contributed by atoms with Crippen molar-refractivity contribution in [1.82, 2.24) is 9.78 Å². The zero-order valence-electron chi connectivity index (χ0n) is 11.0. The fraction of sp³-hybridized carbons (Fsp3) is 0.400. The molecule has 0 aliphatic rings. The first-order valence-corrected chi connectivity index (χ1v) is 6.48. The van der Waals surface area contributed by atoms with Gasteiger partial charge in [0.15, 0.2) is 0 Å². The molecule has 2 rings (SSSR count). The van der Waals surface area contributed by atoms with Crippen molar-refractivity contribution in [2.24, 2.45) is 0 Å². The van der Waals surface area contributed by atoms with Gasteiger partial charge in [0.1, 0.15) is 5.75 Å². The van der Waals surface area contributed by atoms with E-state index < -0.39 is 0 Å². The fourth-order valence-electron chi connectivity index (χ4n) is 2.14. The van der Waals surface area contributed by atoms with Crippen LogP contribution in [0.5, 0.6) is 5.75 Å². The predicted molar refractivity (Wildman–Crippen MR) is 72.9 cm³/mol. The van der Waals surface area contributed by atoms with Crippen LogP contribution in [-0.4, -0.2) is 16.9 Å². The first-order valence-electron chi connectivity index (χ1n) is 6.48. The van der Waals surface area contributed by atoms with Crippen molar-refractivity contribution in [3.63, 3.8) is 0 Å². The summed E-state index contributed by atoms with van der Waals surface area (Å²) in [6.07, 6.45) is 7.39. The number of hydrogen-bond acceptors (Lipinski definition) is 2. The Labute approximate surface area is 108 Å². The van der Waals surface area contributed by atoms with E-state index in [0.717, 1.165) is 12.2 Å². The lowest BCUT2D eigenvalue weighted by molar-refractivity contribution is 0.413. The number of nitrogens with zero attached hydrogens (tertiary/aromatic N) is 2. The van der Waals surface area contributed by atoms with Gasteiger partial charge in [-0.25, -0.2) is 0 Å². The van der Waals surface area contributed by atoms with Crippen LogP contribution < -0.4 is 4.74 Å². The number of hydrogen-bond donors (Lipinski definition) is 0. The molecule has 2 aromatic rings. The number of methoxy groups -OCH3 is 1. The van der Waals surface area contributed by atoms with Crippen LogP contribution >= 0.6 is 0 Å². The van der Waals surface area contributed by atoms with Crippen molar-refractivity contribution in [3.05, 3.63) is 48.3 Å². The summed E-state index contributed by atoms with van der Waals surface area (Å²) in [7, 11) is 1.69. The molecule has 0 N–H and O–H groups in total. The Kier molecular flexibility index (Phi) is 4.40. The van der Waals surface area contributed by atoms with E-state index in [9.17, 15) is 0 Å². The quantitative estimate of drug-likeness (QED) is 0.775. The van der Waals surface area contributed by atoms with E-state index in [1.807, 2.05) is 35.3 Å². The Balaban J connectivity index is 2.21. The van der Waals surface area contributed by atoms with E-state index in [0.29, 0.717) is 6.04 Å². The van der Waals surface area contributed by atoms with Crippen LogP contribution in [0.4, 0.5) is 0 Å². The smallest absolute Gasteiger partial charge is 0.118 e. The minimum Gasteiger partial charge on any atom is -0.497 e. The largest absolute Gasteiger partial charge is 0.497 e. The van der Waals surface area contributed by atoms with Crippen LogP contribution in [0.15, 0.2) is 42.7 Å². The molecular formula is C15H20N2O. The van der Waals surface area contributed by atoms with Crippen LogP contribution in [0, 0.1) is 0 Å². The number of rotatable bonds is 6. The van der Waals surface area contributed by atoms with Crippen LogP contribution in [0.2, 0.25) is 0 Å². The van der Waals surface area contributed by atoms with Crippen LogP contribution in [0.1, 0.15) is 37.8 Å². The van der Waals surface area contributed by atoms with Crippen molar-refractivity contribution < 1.29 is 4.74 Å². The van der Waals surface area contributed by atoms with E-state index in [1.165, 1.54) is 18.4 Å². The minimum absolute atomic E-state index is 0.325. The zero-order chi connectivity index (χ0) is 12.8. The van der Waals surface area contributed by atoms with Crippen molar-refractivity contribution in [2.75, 3.05) is 7.11 Å². The van der Waals surface area contributed by atoms with Gasteiger partial charge >= 0.3 is 0 Å². The van der Waals surface area contributed by atoms with E-state index in [1.54, 1.807) is 7.11 Å². The molecule has 0 aliphatic heterocycles. The summed E-state index contributed by atoms with van der Waals surface area (Å²) in [6, 6.07) is 10.6. The lowest BCUT2D eigenvalue weighted by Crippen LogP contribution is -2.11. The summed E-state index contributed by atoms with van der Waals surface area (Å²) in [5.74, 6) is 0.897. The number of unbranched alkanes of at least 4 members (excludes halogenated alkanes) is 1. The lowest BCUT2D eigenvalue weighted by atomic mass is 10.0. The molecule has 3 nitrogen and oxygen atoms in total. The third-order valence-corrected chi connectivity index (χ3v) is 3.18. The van der Waals surface area contributed by atoms with E-state index >= 15 is 0 Å². The molecule has 1 aromatic carbocycles. The monoisotopic (exact) mass is 244 g/mol. The van der Waals surface area contributed by atoms with Gasteiger partial charge in [0.05, 0.1) is 13.2 Å². The molecular weight excluding hydrogens is 224 g/mol. The van der Waals surface area contributed by atoms with E-state index in [-0.39, 0.29) is 0 Å². The molecule has 1 heterocycles. The standard InChI is InChI=1S/C15H20N2O/c1-3-4-6-15(17-12-5-11-16-17)13-7-9-14(18-2)10-8-13/h5,7-12,15H,3-4,6H2,1-2H3. The summed E-state index contributed by atoms with van der Waals surface area (Å²) in [5.41, 5.74) is 1.29. The maximum atomic E-state index is 5.20. The predicted octanol–water partition coefficient (Wildman–Crippen LogP) is 3.67. The molecule has 96 valence electrons. The molecule has 0 spiro atoms. The highest BCUT2D eigenvalue weighted by Crippen LogP contribution is 2.25. The average molecular weight is 244 g/mol. The van der Waals surface area contributed by atoms with E-state index in [4.69, 9.17) is 4.74 Å². The lowest BCUT2D eigenvalue weighted by Gasteiger charge is -2.18. The topological polar surface area (TPSA) is 27.1 Å². The minimum atomic E-state index is 0.325. The molecule has 0 fully saturated rings. The molecule has 18 heavy (non-hydrogen) atoms. The van der Waals surface area contributed by atoms with Gasteiger partial charge in [0.25, 0.3) is 0 Å². The maximum Gasteiger partial charge on any atom is 0.118 e. The molecule has 0 radical (unpaired) electrons. The average Bonchev–Trinajstić information content (AvgIpc) is 2.94. The second kappa shape index (κ2) is 6.24. The molecule has 1 unspecified atom stereocenters. The van der Waals surface area contributed by atoms with Crippen LogP contribution in [-0.2, 0) is 0 Å². The highest BCUT2D eigenvalue weighted by molar-refractivity contribution is 5.29. The summed E-state index contributed by atoms with van der Waals surface area (Å²) >= 11 is 0. The molecule has 0 amide bonds. The van der Waals surface area contributed by atoms with Gasteiger partial charge in [-0.05, 0) is 30.2 Å². The summed E-state index contributed by atoms with van der Waals surface area (Å²) in [5, 5.41) is 4.37. The second-order valence-corrected chi connectivity index (χ2v) is 4.42. The number of aromatic nitrogens is 2. The third kappa shape index (κ3) is 2.92. The number of benzene rings is 1. The van der Waals surface area contributed by atoms with Crippen molar-refractivity contribution in [2.45, 2.75) is 32.2 Å². The Morgan fingerprint density at radius 1 is 1.28 bits per heavy atom. The van der Waals surface area contributed by atoms with Gasteiger partial charge in [0, 0.05) is 12.4 Å². The van der Waals surface area contributed by atoms with Gasteiger partial charge in [-0.2, -0.15) is 5.10 Å². The van der Waals surface area contributed by atoms with Gasteiger partial charge in [0.2, 0.25) is 0 Å². The van der Waals surface area contributed by atoms with Gasteiger partial charge in [-0.1, -0.05) is 31.9 Å².